The zero-order valence-electron chi connectivity index (χ0n) is 12.6. The average Bonchev–Trinajstić information content (AvgIpc) is 3.01. The summed E-state index contributed by atoms with van der Waals surface area (Å²) in [5.41, 5.74) is 0.141. The van der Waals surface area contributed by atoms with Gasteiger partial charge in [-0.05, 0) is 43.2 Å². The van der Waals surface area contributed by atoms with Gasteiger partial charge < -0.3 is 19.6 Å². The molecule has 0 radical (unpaired) electrons. The van der Waals surface area contributed by atoms with Gasteiger partial charge in [-0.15, -0.1) is 0 Å². The Morgan fingerprint density at radius 3 is 2.62 bits per heavy atom. The highest BCUT2D eigenvalue weighted by Crippen LogP contribution is 2.20. The van der Waals surface area contributed by atoms with E-state index in [1.54, 1.807) is 25.3 Å². The van der Waals surface area contributed by atoms with E-state index in [1.165, 1.54) is 0 Å². The van der Waals surface area contributed by atoms with E-state index in [2.05, 4.69) is 12.2 Å². The number of furan rings is 1. The molecule has 21 heavy (non-hydrogen) atoms. The number of rotatable bonds is 8. The highest BCUT2D eigenvalue weighted by molar-refractivity contribution is 5.27. The monoisotopic (exact) mass is 289 g/mol. The van der Waals surface area contributed by atoms with Crippen molar-refractivity contribution in [3.63, 3.8) is 0 Å². The van der Waals surface area contributed by atoms with Crippen molar-refractivity contribution in [1.82, 2.24) is 5.32 Å². The Morgan fingerprint density at radius 2 is 2.00 bits per heavy atom. The summed E-state index contributed by atoms with van der Waals surface area (Å²) in [6.07, 6.45) is 2.57. The lowest BCUT2D eigenvalue weighted by molar-refractivity contribution is 0.0340. The predicted molar refractivity (Wildman–Crippen MR) is 82.2 cm³/mol. The van der Waals surface area contributed by atoms with Gasteiger partial charge in [0.05, 0.1) is 12.9 Å². The van der Waals surface area contributed by atoms with Crippen molar-refractivity contribution in [2.75, 3.05) is 13.2 Å². The van der Waals surface area contributed by atoms with Gasteiger partial charge in [0.2, 0.25) is 0 Å². The molecule has 1 aromatic heterocycles. The Labute approximate surface area is 125 Å². The number of benzene rings is 1. The molecule has 0 saturated carbocycles. The third-order valence-electron chi connectivity index (χ3n) is 3.25. The van der Waals surface area contributed by atoms with Crippen LogP contribution < -0.4 is 10.1 Å². The van der Waals surface area contributed by atoms with Gasteiger partial charge in [-0.25, -0.2) is 0 Å². The maximum absolute atomic E-state index is 10.3. The van der Waals surface area contributed by atoms with Crippen molar-refractivity contribution in [1.29, 1.82) is 0 Å². The highest BCUT2D eigenvalue weighted by Gasteiger charge is 2.25. The molecule has 4 heteroatoms. The summed E-state index contributed by atoms with van der Waals surface area (Å²) in [6.45, 7) is 5.67. The van der Waals surface area contributed by atoms with Crippen LogP contribution in [0.1, 0.15) is 31.6 Å². The van der Waals surface area contributed by atoms with Crippen molar-refractivity contribution in [3.05, 3.63) is 54.0 Å². The zero-order chi connectivity index (χ0) is 15.1. The molecule has 1 unspecified atom stereocenters. The smallest absolute Gasteiger partial charge is 0.136 e. The number of aliphatic hydroxyl groups is 1. The van der Waals surface area contributed by atoms with Crippen LogP contribution in [0.25, 0.3) is 0 Å². The normalized spacial score (nSPS) is 13.9. The maximum atomic E-state index is 10.3. The van der Waals surface area contributed by atoms with Crippen LogP contribution in [0.4, 0.5) is 0 Å². The van der Waals surface area contributed by atoms with Crippen LogP contribution in [0.3, 0.4) is 0 Å². The fourth-order valence-electron chi connectivity index (χ4n) is 2.05. The van der Waals surface area contributed by atoms with Gasteiger partial charge in [0.25, 0.3) is 0 Å². The van der Waals surface area contributed by atoms with E-state index in [0.717, 1.165) is 24.3 Å². The molecule has 2 rings (SSSR count). The molecular weight excluding hydrogens is 266 g/mol. The molecule has 0 fully saturated rings. The number of hydrogen-bond acceptors (Lipinski definition) is 4. The number of nitrogens with one attached hydrogen (secondary N) is 1. The van der Waals surface area contributed by atoms with Gasteiger partial charge in [0.1, 0.15) is 17.1 Å². The maximum Gasteiger partial charge on any atom is 0.136 e. The minimum absolute atomic E-state index is 0.425. The van der Waals surface area contributed by atoms with Gasteiger partial charge in [0.15, 0.2) is 0 Å². The van der Waals surface area contributed by atoms with Crippen molar-refractivity contribution in [2.45, 2.75) is 32.4 Å². The summed E-state index contributed by atoms with van der Waals surface area (Å²) in [6, 6.07) is 11.5. The molecule has 1 atom stereocenters. The summed E-state index contributed by atoms with van der Waals surface area (Å²) >= 11 is 0. The second kappa shape index (κ2) is 7.29. The molecule has 0 saturated heterocycles. The lowest BCUT2D eigenvalue weighted by atomic mass is 10.0. The third-order valence-corrected chi connectivity index (χ3v) is 3.25. The van der Waals surface area contributed by atoms with Crippen molar-refractivity contribution >= 4 is 0 Å². The molecule has 0 amide bonds. The molecule has 0 aliphatic rings. The van der Waals surface area contributed by atoms with E-state index < -0.39 is 5.60 Å². The minimum Gasteiger partial charge on any atom is -0.494 e. The number of ether oxygens (including phenoxy) is 1. The first kappa shape index (κ1) is 15.6. The van der Waals surface area contributed by atoms with Crippen LogP contribution in [0.15, 0.2) is 47.1 Å². The average molecular weight is 289 g/mol. The Hall–Kier alpha value is -1.78. The molecule has 0 bridgehead atoms. The van der Waals surface area contributed by atoms with Gasteiger partial charge >= 0.3 is 0 Å². The van der Waals surface area contributed by atoms with E-state index >= 15 is 0 Å². The van der Waals surface area contributed by atoms with Gasteiger partial charge in [0, 0.05) is 13.1 Å². The van der Waals surface area contributed by atoms with Gasteiger partial charge in [-0.1, -0.05) is 19.1 Å². The first-order valence-electron chi connectivity index (χ1n) is 7.30. The SMILES string of the molecule is CCCOc1ccc(CNCC(C)(O)c2ccco2)cc1. The predicted octanol–water partition coefficient (Wildman–Crippen LogP) is 3.07. The molecule has 0 aliphatic carbocycles. The second-order valence-corrected chi connectivity index (χ2v) is 5.35. The molecule has 0 aliphatic heterocycles. The van der Waals surface area contributed by atoms with Crippen LogP contribution in [0, 0.1) is 0 Å². The molecule has 1 heterocycles. The molecule has 114 valence electrons. The molecule has 4 nitrogen and oxygen atoms in total. The largest absolute Gasteiger partial charge is 0.494 e. The molecular formula is C17H23NO3. The highest BCUT2D eigenvalue weighted by atomic mass is 16.5. The summed E-state index contributed by atoms with van der Waals surface area (Å²) in [4.78, 5) is 0. The quantitative estimate of drug-likeness (QED) is 0.784. The van der Waals surface area contributed by atoms with E-state index in [-0.39, 0.29) is 0 Å². The molecule has 1 aromatic carbocycles. The first-order chi connectivity index (χ1) is 10.1. The molecule has 2 aromatic rings. The summed E-state index contributed by atoms with van der Waals surface area (Å²) in [5, 5.41) is 13.6. The molecule has 0 spiro atoms. The van der Waals surface area contributed by atoms with E-state index in [1.807, 2.05) is 24.3 Å². The fraction of sp³-hybridized carbons (Fsp3) is 0.412. The van der Waals surface area contributed by atoms with Crippen LogP contribution in [0.2, 0.25) is 0 Å². The van der Waals surface area contributed by atoms with Crippen LogP contribution in [-0.2, 0) is 12.1 Å². The minimum atomic E-state index is -1.01. The second-order valence-electron chi connectivity index (χ2n) is 5.35. The topological polar surface area (TPSA) is 54.6 Å². The van der Waals surface area contributed by atoms with E-state index in [9.17, 15) is 5.11 Å². The lowest BCUT2D eigenvalue weighted by Crippen LogP contribution is -2.34. The van der Waals surface area contributed by atoms with E-state index in [4.69, 9.17) is 9.15 Å². The lowest BCUT2D eigenvalue weighted by Gasteiger charge is -2.21. The summed E-state index contributed by atoms with van der Waals surface area (Å²) < 4.78 is 10.8. The van der Waals surface area contributed by atoms with Crippen LogP contribution in [-0.4, -0.2) is 18.3 Å². The fourth-order valence-corrected chi connectivity index (χ4v) is 2.05. The zero-order valence-corrected chi connectivity index (χ0v) is 12.6. The van der Waals surface area contributed by atoms with E-state index in [0.29, 0.717) is 18.8 Å². The van der Waals surface area contributed by atoms with Crippen LogP contribution >= 0.6 is 0 Å². The summed E-state index contributed by atoms with van der Waals surface area (Å²) in [5.74, 6) is 1.46. The van der Waals surface area contributed by atoms with Crippen molar-refractivity contribution < 1.29 is 14.3 Å². The standard InChI is InChI=1S/C17H23NO3/c1-3-10-20-15-8-6-14(7-9-15)12-18-13-17(2,19)16-5-4-11-21-16/h4-9,11,18-19H,3,10,12-13H2,1-2H3. The Kier molecular flexibility index (Phi) is 5.42. The van der Waals surface area contributed by atoms with Gasteiger partial charge in [-0.2, -0.15) is 0 Å². The summed E-state index contributed by atoms with van der Waals surface area (Å²) in [7, 11) is 0. The van der Waals surface area contributed by atoms with Crippen LogP contribution in [0.5, 0.6) is 5.75 Å². The Bertz CT molecular complexity index is 517. The molecule has 2 N–H and O–H groups in total. The van der Waals surface area contributed by atoms with Crippen molar-refractivity contribution in [2.24, 2.45) is 0 Å². The Morgan fingerprint density at radius 1 is 1.24 bits per heavy atom. The Balaban J connectivity index is 1.80. The number of hydrogen-bond donors (Lipinski definition) is 2. The van der Waals surface area contributed by atoms with Crippen molar-refractivity contribution in [3.8, 4) is 5.75 Å². The third kappa shape index (κ3) is 4.62. The first-order valence-corrected chi connectivity index (χ1v) is 7.30. The van der Waals surface area contributed by atoms with Gasteiger partial charge in [-0.3, -0.25) is 0 Å².